The van der Waals surface area contributed by atoms with Crippen LogP contribution in [0.1, 0.15) is 24.9 Å². The lowest BCUT2D eigenvalue weighted by Gasteiger charge is -2.15. The first-order valence-corrected chi connectivity index (χ1v) is 4.66. The topological polar surface area (TPSA) is 12.0 Å². The summed E-state index contributed by atoms with van der Waals surface area (Å²) < 4.78 is 0. The van der Waals surface area contributed by atoms with Crippen molar-refractivity contribution in [2.45, 2.75) is 19.4 Å². The van der Waals surface area contributed by atoms with E-state index < -0.39 is 0 Å². The molecular weight excluding hydrogens is 146 g/mol. The van der Waals surface area contributed by atoms with Gasteiger partial charge in [0.05, 0.1) is 0 Å². The number of hydrogen-bond acceptors (Lipinski definition) is 1. The maximum absolute atomic E-state index is 3.52. The Morgan fingerprint density at radius 1 is 1.25 bits per heavy atom. The minimum atomic E-state index is 0.589. The summed E-state index contributed by atoms with van der Waals surface area (Å²) in [5, 5.41) is 3.52. The molecule has 2 atom stereocenters. The monoisotopic (exact) mass is 161 g/mol. The zero-order valence-electron chi connectivity index (χ0n) is 7.46. The maximum Gasteiger partial charge on any atom is 0.0346 e. The average molecular weight is 161 g/mol. The fourth-order valence-electron chi connectivity index (χ4n) is 1.94. The van der Waals surface area contributed by atoms with Crippen molar-refractivity contribution in [1.82, 2.24) is 5.32 Å². The van der Waals surface area contributed by atoms with Crippen LogP contribution in [0.5, 0.6) is 0 Å². The summed E-state index contributed by atoms with van der Waals surface area (Å²) in [5.41, 5.74) is 1.43. The van der Waals surface area contributed by atoms with Gasteiger partial charge in [0.1, 0.15) is 0 Å². The van der Waals surface area contributed by atoms with Gasteiger partial charge in [-0.05, 0) is 24.4 Å². The van der Waals surface area contributed by atoms with Gasteiger partial charge in [-0.2, -0.15) is 0 Å². The predicted octanol–water partition coefficient (Wildman–Crippen LogP) is 2.36. The second-order valence-electron chi connectivity index (χ2n) is 3.61. The summed E-state index contributed by atoms with van der Waals surface area (Å²) in [6, 6.07) is 11.3. The Morgan fingerprint density at radius 3 is 2.58 bits per heavy atom. The van der Waals surface area contributed by atoms with E-state index in [1.54, 1.807) is 0 Å². The third-order valence-corrected chi connectivity index (χ3v) is 2.69. The van der Waals surface area contributed by atoms with Crippen LogP contribution in [0.4, 0.5) is 0 Å². The first-order valence-electron chi connectivity index (χ1n) is 4.66. The Bertz CT molecular complexity index is 242. The quantitative estimate of drug-likeness (QED) is 0.666. The van der Waals surface area contributed by atoms with Gasteiger partial charge in [-0.3, -0.25) is 0 Å². The normalized spacial score (nSPS) is 29.1. The van der Waals surface area contributed by atoms with E-state index in [0.717, 1.165) is 5.92 Å². The lowest BCUT2D eigenvalue weighted by molar-refractivity contribution is 0.504. The highest BCUT2D eigenvalue weighted by Gasteiger charge is 2.23. The molecule has 1 N–H and O–H groups in total. The second-order valence-corrected chi connectivity index (χ2v) is 3.61. The van der Waals surface area contributed by atoms with Crippen LogP contribution >= 0.6 is 0 Å². The first kappa shape index (κ1) is 7.81. The van der Waals surface area contributed by atoms with E-state index in [2.05, 4.69) is 42.6 Å². The molecule has 1 saturated heterocycles. The van der Waals surface area contributed by atoms with Crippen LogP contribution in [-0.2, 0) is 0 Å². The van der Waals surface area contributed by atoms with E-state index in [4.69, 9.17) is 0 Å². The molecule has 1 nitrogen and oxygen atoms in total. The van der Waals surface area contributed by atoms with E-state index in [9.17, 15) is 0 Å². The first-order chi connectivity index (χ1) is 5.88. The van der Waals surface area contributed by atoms with Crippen molar-refractivity contribution < 1.29 is 0 Å². The van der Waals surface area contributed by atoms with Crippen LogP contribution < -0.4 is 5.32 Å². The molecular formula is C11H15N. The van der Waals surface area contributed by atoms with E-state index >= 15 is 0 Å². The summed E-state index contributed by atoms with van der Waals surface area (Å²) >= 11 is 0. The number of hydrogen-bond donors (Lipinski definition) is 1. The Kier molecular flexibility index (Phi) is 2.13. The second kappa shape index (κ2) is 3.28. The average Bonchev–Trinajstić information content (AvgIpc) is 2.53. The van der Waals surface area contributed by atoms with Crippen molar-refractivity contribution in [2.24, 2.45) is 5.92 Å². The summed E-state index contributed by atoms with van der Waals surface area (Å²) in [6.07, 6.45) is 1.31. The molecule has 1 aromatic carbocycles. The lowest BCUT2D eigenvalue weighted by atomic mass is 9.96. The van der Waals surface area contributed by atoms with Gasteiger partial charge < -0.3 is 5.32 Å². The number of rotatable bonds is 1. The van der Waals surface area contributed by atoms with Crippen molar-refractivity contribution in [3.05, 3.63) is 35.9 Å². The molecule has 12 heavy (non-hydrogen) atoms. The molecule has 0 saturated carbocycles. The third-order valence-electron chi connectivity index (χ3n) is 2.69. The standard InChI is InChI=1S/C11H15N/c1-9-7-8-12-11(9)10-5-3-2-4-6-10/h2-6,9,11-12H,7-8H2,1H3/t9-,11+/m1/s1. The molecule has 2 rings (SSSR count). The van der Waals surface area contributed by atoms with Gasteiger partial charge in [-0.25, -0.2) is 0 Å². The van der Waals surface area contributed by atoms with Crippen LogP contribution in [-0.4, -0.2) is 6.54 Å². The predicted molar refractivity (Wildman–Crippen MR) is 51.0 cm³/mol. The molecule has 0 bridgehead atoms. The van der Waals surface area contributed by atoms with E-state index in [1.807, 2.05) is 0 Å². The van der Waals surface area contributed by atoms with Crippen LogP contribution in [0.3, 0.4) is 0 Å². The van der Waals surface area contributed by atoms with Crippen molar-refractivity contribution in [2.75, 3.05) is 6.54 Å². The molecule has 0 unspecified atom stereocenters. The summed E-state index contributed by atoms with van der Waals surface area (Å²) in [6.45, 7) is 3.48. The van der Waals surface area contributed by atoms with Gasteiger partial charge in [0.15, 0.2) is 0 Å². The fraction of sp³-hybridized carbons (Fsp3) is 0.455. The van der Waals surface area contributed by atoms with Gasteiger partial charge in [-0.15, -0.1) is 0 Å². The smallest absolute Gasteiger partial charge is 0.0346 e. The summed E-state index contributed by atoms with van der Waals surface area (Å²) in [4.78, 5) is 0. The summed E-state index contributed by atoms with van der Waals surface area (Å²) in [5.74, 6) is 0.785. The van der Waals surface area contributed by atoms with Gasteiger partial charge in [0.25, 0.3) is 0 Å². The third kappa shape index (κ3) is 1.37. The molecule has 1 aliphatic heterocycles. The Balaban J connectivity index is 2.19. The Labute approximate surface area is 73.8 Å². The maximum atomic E-state index is 3.52. The largest absolute Gasteiger partial charge is 0.310 e. The molecule has 64 valence electrons. The van der Waals surface area contributed by atoms with Gasteiger partial charge >= 0.3 is 0 Å². The van der Waals surface area contributed by atoms with Gasteiger partial charge in [0.2, 0.25) is 0 Å². The van der Waals surface area contributed by atoms with Crippen molar-refractivity contribution in [3.63, 3.8) is 0 Å². The molecule has 0 amide bonds. The molecule has 0 radical (unpaired) electrons. The lowest BCUT2D eigenvalue weighted by Crippen LogP contribution is -2.16. The summed E-state index contributed by atoms with van der Waals surface area (Å²) in [7, 11) is 0. The minimum absolute atomic E-state index is 0.589. The highest BCUT2D eigenvalue weighted by atomic mass is 14.9. The highest BCUT2D eigenvalue weighted by Crippen LogP contribution is 2.28. The van der Waals surface area contributed by atoms with Crippen molar-refractivity contribution in [3.8, 4) is 0 Å². The SMILES string of the molecule is C[C@@H]1CCN[C@@H]1c1ccccc1. The van der Waals surface area contributed by atoms with Crippen LogP contribution in [0.15, 0.2) is 30.3 Å². The van der Waals surface area contributed by atoms with Crippen LogP contribution in [0, 0.1) is 5.92 Å². The molecule has 1 aliphatic rings. The van der Waals surface area contributed by atoms with Crippen molar-refractivity contribution in [1.29, 1.82) is 0 Å². The molecule has 1 heteroatoms. The zero-order valence-corrected chi connectivity index (χ0v) is 7.46. The minimum Gasteiger partial charge on any atom is -0.310 e. The molecule has 1 fully saturated rings. The van der Waals surface area contributed by atoms with Crippen LogP contribution in [0.25, 0.3) is 0 Å². The highest BCUT2D eigenvalue weighted by molar-refractivity contribution is 5.20. The molecule has 1 aromatic rings. The molecule has 1 heterocycles. The van der Waals surface area contributed by atoms with E-state index in [-0.39, 0.29) is 0 Å². The molecule has 0 spiro atoms. The van der Waals surface area contributed by atoms with Crippen LogP contribution in [0.2, 0.25) is 0 Å². The zero-order chi connectivity index (χ0) is 8.39. The fourth-order valence-corrected chi connectivity index (χ4v) is 1.94. The van der Waals surface area contributed by atoms with E-state index in [0.29, 0.717) is 6.04 Å². The Morgan fingerprint density at radius 2 is 2.00 bits per heavy atom. The molecule has 0 aliphatic carbocycles. The van der Waals surface area contributed by atoms with Gasteiger partial charge in [0, 0.05) is 6.04 Å². The molecule has 0 aromatic heterocycles. The van der Waals surface area contributed by atoms with E-state index in [1.165, 1.54) is 18.5 Å². The van der Waals surface area contributed by atoms with Gasteiger partial charge in [-0.1, -0.05) is 37.3 Å². The number of benzene rings is 1. The van der Waals surface area contributed by atoms with Crippen molar-refractivity contribution >= 4 is 0 Å². The Hall–Kier alpha value is -0.820. The number of nitrogens with one attached hydrogen (secondary N) is 1.